The summed E-state index contributed by atoms with van der Waals surface area (Å²) in [7, 11) is -1.60. The lowest BCUT2D eigenvalue weighted by Crippen LogP contribution is -2.19. The lowest BCUT2D eigenvalue weighted by Gasteiger charge is -2.31. The van der Waals surface area contributed by atoms with Crippen LogP contribution >= 0.6 is 0 Å². The van der Waals surface area contributed by atoms with Crippen molar-refractivity contribution in [2.24, 2.45) is 0 Å². The Hall–Kier alpha value is -3.85. The highest BCUT2D eigenvalue weighted by molar-refractivity contribution is 7.81. The van der Waals surface area contributed by atoms with E-state index in [0.29, 0.717) is 16.9 Å². The normalized spacial score (nSPS) is 13.4. The van der Waals surface area contributed by atoms with Crippen LogP contribution in [0.2, 0.25) is 0 Å². The molecule has 0 radical (unpaired) electrons. The van der Waals surface area contributed by atoms with Crippen molar-refractivity contribution in [3.05, 3.63) is 98.6 Å². The Morgan fingerprint density at radius 1 is 0.328 bits per heavy atom. The summed E-state index contributed by atoms with van der Waals surface area (Å²) in [6.07, 6.45) is 0. The number of phenolic OH excluding ortho intramolecular Hbond substituents is 3. The summed E-state index contributed by atoms with van der Waals surface area (Å²) >= 11 is 0. The summed E-state index contributed by atoms with van der Waals surface area (Å²) in [5.74, 6) is 0.943. The third-order valence-corrected chi connectivity index (χ3v) is 13.2. The molecular formula is C59H92O7S. The van der Waals surface area contributed by atoms with Gasteiger partial charge in [0, 0.05) is 33.4 Å². The molecule has 0 amide bonds. The van der Waals surface area contributed by atoms with Gasteiger partial charge in [-0.3, -0.25) is 8.37 Å². The second-order valence-corrected chi connectivity index (χ2v) is 28.2. The van der Waals surface area contributed by atoms with Crippen molar-refractivity contribution < 1.29 is 32.1 Å². The minimum atomic E-state index is -3.66. The van der Waals surface area contributed by atoms with Gasteiger partial charge in [-0.25, -0.2) is 0 Å². The van der Waals surface area contributed by atoms with Crippen molar-refractivity contribution in [3.63, 3.8) is 0 Å². The van der Waals surface area contributed by atoms with Gasteiger partial charge in [0.1, 0.15) is 17.2 Å². The first-order valence-corrected chi connectivity index (χ1v) is 25.1. The van der Waals surface area contributed by atoms with Gasteiger partial charge in [0.05, 0.1) is 14.2 Å². The fourth-order valence-corrected chi connectivity index (χ4v) is 7.94. The predicted octanol–water partition coefficient (Wildman–Crippen LogP) is 16.0. The van der Waals surface area contributed by atoms with Gasteiger partial charge in [-0.05, 0) is 107 Å². The van der Waals surface area contributed by atoms with Crippen molar-refractivity contribution in [1.82, 2.24) is 0 Å². The average molecular weight is 945 g/mol. The fourth-order valence-electron chi connectivity index (χ4n) is 7.81. The monoisotopic (exact) mass is 945 g/mol. The van der Waals surface area contributed by atoms with E-state index in [1.807, 2.05) is 0 Å². The first-order valence-electron chi connectivity index (χ1n) is 23.8. The Labute approximate surface area is 409 Å². The van der Waals surface area contributed by atoms with Crippen molar-refractivity contribution in [1.29, 1.82) is 0 Å². The Morgan fingerprint density at radius 2 is 0.522 bits per heavy atom. The molecule has 0 atom stereocenters. The molecule has 4 rings (SSSR count). The molecule has 0 aliphatic heterocycles. The second-order valence-electron chi connectivity index (χ2n) is 26.7. The molecule has 0 fully saturated rings. The molecule has 0 aliphatic carbocycles. The molecule has 3 N–H and O–H groups in total. The van der Waals surface area contributed by atoms with Gasteiger partial charge in [-0.2, -0.15) is 8.42 Å². The number of phenols is 3. The maximum absolute atomic E-state index is 11.5. The first kappa shape index (κ1) is 59.3. The predicted molar refractivity (Wildman–Crippen MR) is 286 cm³/mol. The summed E-state index contributed by atoms with van der Waals surface area (Å²) in [5, 5.41) is 34.2. The zero-order valence-corrected chi connectivity index (χ0v) is 47.8. The van der Waals surface area contributed by atoms with Crippen LogP contribution in [0.1, 0.15) is 216 Å². The lowest BCUT2D eigenvalue weighted by atomic mass is 9.74. The SMILES string of the molecule is CC(C)(C)c1cc(-c2cc(C(C)(C)C)cc(C(C)(C)C)c2O)c(O)c(C(C)(C)C)c1.COS(=O)(=O)OC.Cc1c(-c2cc(C(C)(C)C)cc(C(C)(C)C)c2O)cc(C(C)(C)C)cc1C(C)(C)C. The number of benzene rings is 4. The third kappa shape index (κ3) is 15.1. The van der Waals surface area contributed by atoms with Crippen molar-refractivity contribution in [3.8, 4) is 39.5 Å². The highest BCUT2D eigenvalue weighted by atomic mass is 32.3. The van der Waals surface area contributed by atoms with Crippen molar-refractivity contribution in [2.45, 2.75) is 216 Å². The van der Waals surface area contributed by atoms with Crippen LogP contribution in [0.3, 0.4) is 0 Å². The van der Waals surface area contributed by atoms with Crippen LogP contribution in [0.15, 0.2) is 48.5 Å². The van der Waals surface area contributed by atoms with E-state index >= 15 is 0 Å². The van der Waals surface area contributed by atoms with E-state index in [1.165, 1.54) is 22.3 Å². The molecule has 0 unspecified atom stereocenters. The topological polar surface area (TPSA) is 113 Å². The van der Waals surface area contributed by atoms with Crippen LogP contribution in [-0.4, -0.2) is 38.0 Å². The zero-order valence-electron chi connectivity index (χ0n) is 47.0. The Balaban J connectivity index is 0.000000402. The van der Waals surface area contributed by atoms with E-state index in [1.54, 1.807) is 0 Å². The van der Waals surface area contributed by atoms with E-state index in [-0.39, 0.29) is 54.8 Å². The largest absolute Gasteiger partial charge is 0.507 e. The van der Waals surface area contributed by atoms with Gasteiger partial charge in [0.2, 0.25) is 0 Å². The molecule has 8 heteroatoms. The molecule has 7 nitrogen and oxygen atoms in total. The maximum Gasteiger partial charge on any atom is 0.399 e. The quantitative estimate of drug-likeness (QED) is 0.187. The molecule has 4 aromatic carbocycles. The van der Waals surface area contributed by atoms with Crippen LogP contribution in [-0.2, 0) is 62.1 Å². The molecule has 0 saturated heterocycles. The van der Waals surface area contributed by atoms with Crippen LogP contribution in [0.5, 0.6) is 17.2 Å². The van der Waals surface area contributed by atoms with E-state index in [9.17, 15) is 23.7 Å². The van der Waals surface area contributed by atoms with E-state index in [0.717, 1.165) is 53.2 Å². The minimum Gasteiger partial charge on any atom is -0.507 e. The summed E-state index contributed by atoms with van der Waals surface area (Å²) in [4.78, 5) is 0. The standard InChI is InChI=1S/C29H44O.C28H42O2.C2H6O4S/c1-18-21(14-19(26(2,3)4)16-23(18)28(8,9)10)22-15-20(27(5,6)7)17-24(25(22)30)29(11,12)13;1-25(2,3)17-13-19(23(29)21(15-17)27(7,8)9)20-14-18(26(4,5)6)16-22(24(20)30)28(10,11)12;1-5-7(3,4)6-2/h14-17,30H,1-13H3;13-16,29-30H,1-12H3;1-2H3. The van der Waals surface area contributed by atoms with Crippen molar-refractivity contribution in [2.75, 3.05) is 14.2 Å². The number of hydrogen-bond acceptors (Lipinski definition) is 7. The second kappa shape index (κ2) is 19.9. The molecule has 0 bridgehead atoms. The highest BCUT2D eigenvalue weighted by Gasteiger charge is 2.32. The number of rotatable bonds is 4. The zero-order chi connectivity index (χ0) is 52.8. The van der Waals surface area contributed by atoms with Crippen LogP contribution in [0, 0.1) is 6.92 Å². The van der Waals surface area contributed by atoms with Crippen LogP contribution < -0.4 is 0 Å². The molecule has 4 aromatic rings. The van der Waals surface area contributed by atoms with Gasteiger partial charge < -0.3 is 15.3 Å². The molecular weight excluding hydrogens is 853 g/mol. The van der Waals surface area contributed by atoms with Crippen LogP contribution in [0.4, 0.5) is 0 Å². The molecule has 0 saturated carbocycles. The number of aromatic hydroxyl groups is 3. The van der Waals surface area contributed by atoms with Gasteiger partial charge in [-0.15, -0.1) is 0 Å². The summed E-state index contributed by atoms with van der Waals surface area (Å²) in [6, 6.07) is 17.4. The van der Waals surface area contributed by atoms with Gasteiger partial charge >= 0.3 is 10.4 Å². The summed E-state index contributed by atoms with van der Waals surface area (Å²) < 4.78 is 27.5. The summed E-state index contributed by atoms with van der Waals surface area (Å²) in [6.45, 7) is 54.9. The number of hydrogen-bond donors (Lipinski definition) is 3. The molecule has 376 valence electrons. The highest BCUT2D eigenvalue weighted by Crippen LogP contribution is 2.49. The Morgan fingerprint density at radius 3 is 0.701 bits per heavy atom. The molecule has 0 aliphatic rings. The van der Waals surface area contributed by atoms with Gasteiger partial charge in [0.15, 0.2) is 0 Å². The van der Waals surface area contributed by atoms with E-state index < -0.39 is 10.4 Å². The van der Waals surface area contributed by atoms with E-state index in [4.69, 9.17) is 0 Å². The smallest absolute Gasteiger partial charge is 0.399 e. The molecule has 0 heterocycles. The summed E-state index contributed by atoms with van der Waals surface area (Å²) in [5.41, 5.74) is 13.2. The van der Waals surface area contributed by atoms with E-state index in [2.05, 4.69) is 230 Å². The Bertz CT molecular complexity index is 2160. The third-order valence-electron chi connectivity index (χ3n) is 12.4. The molecule has 67 heavy (non-hydrogen) atoms. The average Bonchev–Trinajstić information content (AvgIpc) is 3.12. The van der Waals surface area contributed by atoms with Crippen LogP contribution in [0.25, 0.3) is 22.3 Å². The maximum atomic E-state index is 11.5. The van der Waals surface area contributed by atoms with Gasteiger partial charge in [0.25, 0.3) is 0 Å². The molecule has 0 spiro atoms. The van der Waals surface area contributed by atoms with Gasteiger partial charge in [-0.1, -0.05) is 197 Å². The Kier molecular flexibility index (Phi) is 17.6. The lowest BCUT2D eigenvalue weighted by molar-refractivity contribution is 0.286. The minimum absolute atomic E-state index is 0.00481. The van der Waals surface area contributed by atoms with Crippen molar-refractivity contribution >= 4 is 10.4 Å². The fraction of sp³-hybridized carbons (Fsp3) is 0.593. The first-order chi connectivity index (χ1) is 29.6. The molecule has 0 aromatic heterocycles.